The maximum Gasteiger partial charge on any atom is 0.283 e. The fraction of sp³-hybridized carbons (Fsp3) is 0.250. The van der Waals surface area contributed by atoms with E-state index in [2.05, 4.69) is 14.5 Å². The van der Waals surface area contributed by atoms with Gasteiger partial charge in [-0.2, -0.15) is 18.5 Å². The third-order valence-electron chi connectivity index (χ3n) is 5.02. The quantitative estimate of drug-likeness (QED) is 0.681. The van der Waals surface area contributed by atoms with Crippen molar-refractivity contribution in [3.8, 4) is 0 Å². The van der Waals surface area contributed by atoms with Crippen molar-refractivity contribution in [2.24, 2.45) is 10.3 Å². The summed E-state index contributed by atoms with van der Waals surface area (Å²) in [6, 6.07) is 16.4. The van der Waals surface area contributed by atoms with E-state index < -0.39 is 10.0 Å². The van der Waals surface area contributed by atoms with Crippen molar-refractivity contribution in [2.75, 3.05) is 11.9 Å². The van der Waals surface area contributed by atoms with Gasteiger partial charge in [-0.1, -0.05) is 55.0 Å². The Hall–Kier alpha value is -3.00. The Morgan fingerprint density at radius 2 is 1.71 bits per heavy atom. The van der Waals surface area contributed by atoms with Crippen LogP contribution in [-0.2, 0) is 10.0 Å². The van der Waals surface area contributed by atoms with E-state index in [0.29, 0.717) is 11.8 Å². The Labute approximate surface area is 164 Å². The lowest BCUT2D eigenvalue weighted by molar-refractivity contribution is 0.434. The number of sulfonamides is 1. The van der Waals surface area contributed by atoms with Crippen LogP contribution in [0.1, 0.15) is 24.1 Å². The summed E-state index contributed by atoms with van der Waals surface area (Å²) in [6.45, 7) is 3.87. The minimum Gasteiger partial charge on any atom is -0.301 e. The van der Waals surface area contributed by atoms with Gasteiger partial charge in [-0.25, -0.2) is 4.68 Å². The van der Waals surface area contributed by atoms with E-state index >= 15 is 0 Å². The van der Waals surface area contributed by atoms with E-state index in [-0.39, 0.29) is 16.9 Å². The van der Waals surface area contributed by atoms with Crippen LogP contribution in [0.25, 0.3) is 0 Å². The highest BCUT2D eigenvalue weighted by atomic mass is 32.2. The Morgan fingerprint density at radius 1 is 1.04 bits per heavy atom. The molecule has 0 amide bonds. The zero-order valence-electron chi connectivity index (χ0n) is 15.9. The van der Waals surface area contributed by atoms with Gasteiger partial charge >= 0.3 is 0 Å². The second-order valence-electron chi connectivity index (χ2n) is 6.95. The van der Waals surface area contributed by atoms with Gasteiger partial charge < -0.3 is 4.90 Å². The van der Waals surface area contributed by atoms with Gasteiger partial charge in [0.15, 0.2) is 0 Å². The molecule has 2 heterocycles. The molecule has 0 unspecified atom stereocenters. The fourth-order valence-electron chi connectivity index (χ4n) is 3.55. The molecule has 0 saturated heterocycles. The molecular weight excluding hydrogens is 374 g/mol. The number of benzene rings is 2. The van der Waals surface area contributed by atoms with Gasteiger partial charge in [-0.05, 0) is 24.6 Å². The predicted molar refractivity (Wildman–Crippen MR) is 108 cm³/mol. The zero-order chi connectivity index (χ0) is 19.9. The highest BCUT2D eigenvalue weighted by Gasteiger charge is 2.38. The first-order valence-electron chi connectivity index (χ1n) is 8.98. The number of hydrogen-bond acceptors (Lipinski definition) is 4. The predicted octanol–water partition coefficient (Wildman–Crippen LogP) is 3.05. The van der Waals surface area contributed by atoms with E-state index in [4.69, 9.17) is 0 Å². The summed E-state index contributed by atoms with van der Waals surface area (Å²) in [5, 5.41) is 4.37. The number of nitrogens with zero attached hydrogens (tertiary/aromatic N) is 5. The van der Waals surface area contributed by atoms with Crippen LogP contribution in [0, 0.1) is 12.8 Å². The standard InChI is InChI=1S/C20H21N5O2S/c1-14-9-11-17(12-10-14)28(26,27)23-19-15(2)18(16-7-5-4-6-8-16)25-20(24(19)3)21-13-22-25/h4-13,15,18H,1-3H3/t15-,18-/m1/s1. The van der Waals surface area contributed by atoms with Crippen LogP contribution in [-0.4, -0.2) is 36.1 Å². The molecular formula is C20H21N5O2S. The van der Waals surface area contributed by atoms with Crippen molar-refractivity contribution < 1.29 is 8.42 Å². The number of fused-ring (bicyclic) bond motifs is 1. The van der Waals surface area contributed by atoms with Crippen LogP contribution >= 0.6 is 0 Å². The average Bonchev–Trinajstić information content (AvgIpc) is 3.16. The molecule has 0 spiro atoms. The lowest BCUT2D eigenvalue weighted by Gasteiger charge is -2.36. The lowest BCUT2D eigenvalue weighted by Crippen LogP contribution is -2.44. The van der Waals surface area contributed by atoms with Gasteiger partial charge in [0, 0.05) is 13.0 Å². The highest BCUT2D eigenvalue weighted by Crippen LogP contribution is 2.36. The molecule has 3 aromatic rings. The van der Waals surface area contributed by atoms with Gasteiger partial charge in [-0.15, -0.1) is 4.40 Å². The summed E-state index contributed by atoms with van der Waals surface area (Å²) in [4.78, 5) is 6.19. The second kappa shape index (κ2) is 6.87. The topological polar surface area (TPSA) is 80.4 Å². The summed E-state index contributed by atoms with van der Waals surface area (Å²) in [5.74, 6) is 0.779. The monoisotopic (exact) mass is 395 g/mol. The summed E-state index contributed by atoms with van der Waals surface area (Å²) in [5.41, 5.74) is 2.02. The third kappa shape index (κ3) is 3.09. The van der Waals surface area contributed by atoms with Crippen LogP contribution < -0.4 is 4.90 Å². The normalized spacial score (nSPS) is 21.0. The van der Waals surface area contributed by atoms with Gasteiger partial charge in [0.1, 0.15) is 12.2 Å². The molecule has 0 aliphatic carbocycles. The number of hydrogen-bond donors (Lipinski definition) is 0. The SMILES string of the molecule is Cc1ccc(S(=O)(=O)N=C2[C@H](C)[C@H](c3ccccc3)n3ncnc3N2C)cc1. The van der Waals surface area contributed by atoms with Crippen LogP contribution in [0.5, 0.6) is 0 Å². The molecule has 0 radical (unpaired) electrons. The summed E-state index contributed by atoms with van der Waals surface area (Å²) < 4.78 is 31.9. The van der Waals surface area contributed by atoms with Crippen LogP contribution in [0.15, 0.2) is 70.2 Å². The maximum atomic E-state index is 12.9. The molecule has 4 rings (SSSR count). The lowest BCUT2D eigenvalue weighted by atomic mass is 9.92. The molecule has 0 saturated carbocycles. The smallest absolute Gasteiger partial charge is 0.283 e. The number of anilines is 1. The van der Waals surface area contributed by atoms with Crippen LogP contribution in [0.4, 0.5) is 5.95 Å². The zero-order valence-corrected chi connectivity index (χ0v) is 16.7. The van der Waals surface area contributed by atoms with E-state index in [0.717, 1.165) is 11.1 Å². The van der Waals surface area contributed by atoms with Crippen LogP contribution in [0.3, 0.4) is 0 Å². The first-order chi connectivity index (χ1) is 13.4. The Kier molecular flexibility index (Phi) is 4.50. The molecule has 0 fully saturated rings. The number of rotatable bonds is 3. The van der Waals surface area contributed by atoms with Gasteiger partial charge in [0.05, 0.1) is 10.9 Å². The Bertz CT molecular complexity index is 1120. The van der Waals surface area contributed by atoms with Crippen molar-refractivity contribution in [2.45, 2.75) is 24.8 Å². The first-order valence-corrected chi connectivity index (χ1v) is 10.4. The van der Waals surface area contributed by atoms with Crippen molar-refractivity contribution in [1.82, 2.24) is 14.8 Å². The first kappa shape index (κ1) is 18.4. The largest absolute Gasteiger partial charge is 0.301 e. The molecule has 1 aliphatic heterocycles. The molecule has 1 aliphatic rings. The minimum absolute atomic E-state index is 0.175. The molecule has 144 valence electrons. The number of amidine groups is 1. The van der Waals surface area contributed by atoms with E-state index in [1.165, 1.54) is 6.33 Å². The number of aromatic nitrogens is 3. The van der Waals surface area contributed by atoms with Crippen molar-refractivity contribution in [1.29, 1.82) is 0 Å². The van der Waals surface area contributed by atoms with E-state index in [1.807, 2.05) is 48.9 Å². The third-order valence-corrected chi connectivity index (χ3v) is 6.31. The van der Waals surface area contributed by atoms with Gasteiger partial charge in [0.2, 0.25) is 5.95 Å². The Balaban J connectivity index is 1.83. The summed E-state index contributed by atoms with van der Waals surface area (Å²) in [7, 11) is -2.08. The molecule has 7 nitrogen and oxygen atoms in total. The molecule has 0 N–H and O–H groups in total. The molecule has 2 aromatic carbocycles. The van der Waals surface area contributed by atoms with Gasteiger partial charge in [0.25, 0.3) is 10.0 Å². The Morgan fingerprint density at radius 3 is 2.39 bits per heavy atom. The van der Waals surface area contributed by atoms with E-state index in [9.17, 15) is 8.42 Å². The van der Waals surface area contributed by atoms with E-state index in [1.54, 1.807) is 36.2 Å². The molecule has 1 aromatic heterocycles. The van der Waals surface area contributed by atoms with Crippen molar-refractivity contribution in [3.63, 3.8) is 0 Å². The van der Waals surface area contributed by atoms with Crippen molar-refractivity contribution >= 4 is 21.8 Å². The van der Waals surface area contributed by atoms with Gasteiger partial charge in [-0.3, -0.25) is 0 Å². The average molecular weight is 395 g/mol. The molecule has 2 atom stereocenters. The van der Waals surface area contributed by atoms with Crippen LogP contribution in [0.2, 0.25) is 0 Å². The second-order valence-corrected chi connectivity index (χ2v) is 8.55. The highest BCUT2D eigenvalue weighted by molar-refractivity contribution is 7.90. The molecule has 28 heavy (non-hydrogen) atoms. The molecule has 0 bridgehead atoms. The summed E-state index contributed by atoms with van der Waals surface area (Å²) >= 11 is 0. The molecule has 8 heteroatoms. The number of aryl methyl sites for hydroxylation is 1. The summed E-state index contributed by atoms with van der Waals surface area (Å²) in [6.07, 6.45) is 1.48. The maximum absolute atomic E-state index is 12.9. The fourth-order valence-corrected chi connectivity index (χ4v) is 4.67. The minimum atomic E-state index is -3.84. The van der Waals surface area contributed by atoms with Crippen molar-refractivity contribution in [3.05, 3.63) is 72.1 Å².